The number of benzene rings is 1. The van der Waals surface area contributed by atoms with E-state index in [1.165, 1.54) is 0 Å². The average Bonchev–Trinajstić information content (AvgIpc) is 2.38. The molecule has 0 aromatic heterocycles. The minimum atomic E-state index is -1.02. The molecule has 1 aromatic carbocycles. The lowest BCUT2D eigenvalue weighted by Gasteiger charge is -2.17. The van der Waals surface area contributed by atoms with Gasteiger partial charge >= 0.3 is 5.97 Å². The second kappa shape index (κ2) is 7.65. The van der Waals surface area contributed by atoms with Gasteiger partial charge in [-0.2, -0.15) is 0 Å². The molecule has 1 aromatic rings. The van der Waals surface area contributed by atoms with Crippen molar-refractivity contribution in [1.82, 2.24) is 5.32 Å². The van der Waals surface area contributed by atoms with Crippen molar-refractivity contribution in [2.75, 3.05) is 7.11 Å². The molecule has 110 valence electrons. The van der Waals surface area contributed by atoms with E-state index >= 15 is 0 Å². The molecule has 1 atom stereocenters. The third-order valence-corrected chi connectivity index (χ3v) is 2.87. The maximum absolute atomic E-state index is 12.2. The number of hydrogen-bond donors (Lipinski definition) is 2. The summed E-state index contributed by atoms with van der Waals surface area (Å²) in [6.45, 7) is 4.15. The van der Waals surface area contributed by atoms with E-state index in [2.05, 4.69) is 5.32 Å². The molecule has 1 unspecified atom stereocenters. The van der Waals surface area contributed by atoms with Gasteiger partial charge in [-0.15, -0.1) is 0 Å². The number of carboxylic acids is 1. The first-order valence-electron chi connectivity index (χ1n) is 6.56. The zero-order valence-electron chi connectivity index (χ0n) is 12.1. The summed E-state index contributed by atoms with van der Waals surface area (Å²) in [4.78, 5) is 23.4. The van der Waals surface area contributed by atoms with Crippen LogP contribution in [0.2, 0.25) is 0 Å². The molecule has 0 aliphatic rings. The number of amides is 1. The lowest BCUT2D eigenvalue weighted by atomic mass is 10.0. The fraction of sp³-hybridized carbons (Fsp3) is 0.467. The quantitative estimate of drug-likeness (QED) is 0.801. The van der Waals surface area contributed by atoms with Crippen molar-refractivity contribution in [1.29, 1.82) is 0 Å². The Hall–Kier alpha value is -1.88. The van der Waals surface area contributed by atoms with Gasteiger partial charge in [0.2, 0.25) is 0 Å². The fourth-order valence-electron chi connectivity index (χ4n) is 1.95. The Bertz CT molecular complexity index is 471. The van der Waals surface area contributed by atoms with E-state index in [0.717, 1.165) is 5.56 Å². The van der Waals surface area contributed by atoms with Crippen LogP contribution in [-0.4, -0.2) is 30.1 Å². The molecular formula is C15H21NO4. The van der Waals surface area contributed by atoms with E-state index in [0.29, 0.717) is 18.6 Å². The second-order valence-electron chi connectivity index (χ2n) is 5.08. The number of rotatable bonds is 7. The first kappa shape index (κ1) is 16.2. The molecule has 0 saturated carbocycles. The van der Waals surface area contributed by atoms with Gasteiger partial charge in [-0.3, -0.25) is 4.79 Å². The van der Waals surface area contributed by atoms with E-state index in [9.17, 15) is 9.59 Å². The first-order valence-corrected chi connectivity index (χ1v) is 6.56. The van der Waals surface area contributed by atoms with Crippen LogP contribution in [0.25, 0.3) is 0 Å². The monoisotopic (exact) mass is 279 g/mol. The van der Waals surface area contributed by atoms with Gasteiger partial charge in [0, 0.05) is 12.7 Å². The molecule has 0 aliphatic heterocycles. The van der Waals surface area contributed by atoms with Crippen molar-refractivity contribution >= 4 is 11.9 Å². The summed E-state index contributed by atoms with van der Waals surface area (Å²) in [7, 11) is 1.55. The molecule has 5 nitrogen and oxygen atoms in total. The van der Waals surface area contributed by atoms with Crippen LogP contribution in [0.15, 0.2) is 24.3 Å². The van der Waals surface area contributed by atoms with Crippen molar-refractivity contribution < 1.29 is 19.4 Å². The summed E-state index contributed by atoms with van der Waals surface area (Å²) in [6.07, 6.45) is 0.396. The van der Waals surface area contributed by atoms with Gasteiger partial charge in [-0.05, 0) is 24.0 Å². The molecule has 0 heterocycles. The Morgan fingerprint density at radius 3 is 2.50 bits per heavy atom. The predicted octanol–water partition coefficient (Wildman–Crippen LogP) is 2.06. The van der Waals surface area contributed by atoms with Crippen molar-refractivity contribution in [2.45, 2.75) is 32.9 Å². The highest BCUT2D eigenvalue weighted by molar-refractivity contribution is 5.97. The molecule has 5 heteroatoms. The maximum atomic E-state index is 12.2. The molecule has 20 heavy (non-hydrogen) atoms. The van der Waals surface area contributed by atoms with E-state index in [1.807, 2.05) is 19.9 Å². The number of ether oxygens (including phenoxy) is 1. The standard InChI is InChI=1S/C15H21NO4/c1-10(2)8-13(15(18)19)16-14(17)12-7-5-4-6-11(12)9-20-3/h4-7,10,13H,8-9H2,1-3H3,(H,16,17)(H,18,19). The molecule has 0 fully saturated rings. The Kier molecular flexibility index (Phi) is 6.18. The molecule has 0 spiro atoms. The molecular weight excluding hydrogens is 258 g/mol. The van der Waals surface area contributed by atoms with E-state index < -0.39 is 12.0 Å². The molecule has 0 saturated heterocycles. The summed E-state index contributed by atoms with van der Waals surface area (Å²) < 4.78 is 5.04. The summed E-state index contributed by atoms with van der Waals surface area (Å²) >= 11 is 0. The van der Waals surface area contributed by atoms with Crippen LogP contribution < -0.4 is 5.32 Å². The number of carbonyl (C=O) groups is 2. The number of aliphatic carboxylic acids is 1. The number of carboxylic acid groups (broad SMARTS) is 1. The van der Waals surface area contributed by atoms with Gasteiger partial charge in [0.05, 0.1) is 6.61 Å². The van der Waals surface area contributed by atoms with Crippen LogP contribution in [0.4, 0.5) is 0 Å². The Morgan fingerprint density at radius 2 is 1.95 bits per heavy atom. The third kappa shape index (κ3) is 4.66. The van der Waals surface area contributed by atoms with Gasteiger partial charge in [0.15, 0.2) is 0 Å². The Balaban J connectivity index is 2.86. The highest BCUT2D eigenvalue weighted by Gasteiger charge is 2.22. The predicted molar refractivity (Wildman–Crippen MR) is 75.5 cm³/mol. The van der Waals surface area contributed by atoms with E-state index in [-0.39, 0.29) is 11.8 Å². The van der Waals surface area contributed by atoms with E-state index in [1.54, 1.807) is 25.3 Å². The van der Waals surface area contributed by atoms with Crippen LogP contribution in [0.1, 0.15) is 36.2 Å². The number of carbonyl (C=O) groups excluding carboxylic acids is 1. The van der Waals surface area contributed by atoms with Crippen LogP contribution >= 0.6 is 0 Å². The lowest BCUT2D eigenvalue weighted by molar-refractivity contribution is -0.139. The minimum Gasteiger partial charge on any atom is -0.480 e. The molecule has 0 bridgehead atoms. The zero-order chi connectivity index (χ0) is 15.1. The van der Waals surface area contributed by atoms with Gasteiger partial charge < -0.3 is 15.2 Å². The van der Waals surface area contributed by atoms with Crippen LogP contribution in [0, 0.1) is 5.92 Å². The van der Waals surface area contributed by atoms with Gasteiger partial charge in [-0.1, -0.05) is 32.0 Å². The highest BCUT2D eigenvalue weighted by atomic mass is 16.5. The smallest absolute Gasteiger partial charge is 0.326 e. The van der Waals surface area contributed by atoms with Crippen molar-refractivity contribution in [2.24, 2.45) is 5.92 Å². The Labute approximate surface area is 118 Å². The van der Waals surface area contributed by atoms with Gasteiger partial charge in [0.25, 0.3) is 5.91 Å². The zero-order valence-corrected chi connectivity index (χ0v) is 12.1. The Morgan fingerprint density at radius 1 is 1.30 bits per heavy atom. The number of methoxy groups -OCH3 is 1. The van der Waals surface area contributed by atoms with Crippen molar-refractivity contribution in [3.05, 3.63) is 35.4 Å². The van der Waals surface area contributed by atoms with Crippen molar-refractivity contribution in [3.8, 4) is 0 Å². The molecule has 0 radical (unpaired) electrons. The molecule has 1 amide bonds. The molecule has 1 rings (SSSR count). The van der Waals surface area contributed by atoms with Gasteiger partial charge in [0.1, 0.15) is 6.04 Å². The van der Waals surface area contributed by atoms with Crippen molar-refractivity contribution in [3.63, 3.8) is 0 Å². The van der Waals surface area contributed by atoms with E-state index in [4.69, 9.17) is 9.84 Å². The topological polar surface area (TPSA) is 75.6 Å². The summed E-state index contributed by atoms with van der Waals surface area (Å²) in [6, 6.07) is 6.13. The van der Waals surface area contributed by atoms with Gasteiger partial charge in [-0.25, -0.2) is 4.79 Å². The SMILES string of the molecule is COCc1ccccc1C(=O)NC(CC(C)C)C(=O)O. The maximum Gasteiger partial charge on any atom is 0.326 e. The lowest BCUT2D eigenvalue weighted by Crippen LogP contribution is -2.41. The molecule has 2 N–H and O–H groups in total. The first-order chi connectivity index (χ1) is 9.45. The highest BCUT2D eigenvalue weighted by Crippen LogP contribution is 2.12. The average molecular weight is 279 g/mol. The second-order valence-corrected chi connectivity index (χ2v) is 5.08. The molecule has 0 aliphatic carbocycles. The third-order valence-electron chi connectivity index (χ3n) is 2.87. The largest absolute Gasteiger partial charge is 0.480 e. The summed E-state index contributed by atoms with van der Waals surface area (Å²) in [5, 5.41) is 11.7. The summed E-state index contributed by atoms with van der Waals surface area (Å²) in [5.74, 6) is -1.22. The van der Waals surface area contributed by atoms with Crippen LogP contribution in [-0.2, 0) is 16.1 Å². The number of nitrogens with one attached hydrogen (secondary N) is 1. The number of hydrogen-bond acceptors (Lipinski definition) is 3. The minimum absolute atomic E-state index is 0.186. The normalized spacial score (nSPS) is 12.2. The fourth-order valence-corrected chi connectivity index (χ4v) is 1.95. The van der Waals surface area contributed by atoms with Crippen LogP contribution in [0.5, 0.6) is 0 Å². The summed E-state index contributed by atoms with van der Waals surface area (Å²) in [5.41, 5.74) is 1.19. The van der Waals surface area contributed by atoms with Crippen LogP contribution in [0.3, 0.4) is 0 Å².